The van der Waals surface area contributed by atoms with Gasteiger partial charge in [-0.1, -0.05) is 84.9 Å². The fourth-order valence-corrected chi connectivity index (χ4v) is 6.20. The van der Waals surface area contributed by atoms with Crippen LogP contribution in [0.4, 0.5) is 8.78 Å². The molecule has 1 saturated heterocycles. The Morgan fingerprint density at radius 3 is 1.83 bits per heavy atom. The van der Waals surface area contributed by atoms with E-state index in [1.54, 1.807) is 24.3 Å². The van der Waals surface area contributed by atoms with E-state index in [9.17, 15) is 18.7 Å². The highest BCUT2D eigenvalue weighted by molar-refractivity contribution is 6.16. The molecule has 1 unspecified atom stereocenters. The van der Waals surface area contributed by atoms with E-state index in [4.69, 9.17) is 4.99 Å². The van der Waals surface area contributed by atoms with E-state index < -0.39 is 23.3 Å². The summed E-state index contributed by atoms with van der Waals surface area (Å²) in [7, 11) is 0. The van der Waals surface area contributed by atoms with Crippen LogP contribution in [-0.4, -0.2) is 58.9 Å². The summed E-state index contributed by atoms with van der Waals surface area (Å²) >= 11 is 0. The lowest BCUT2D eigenvalue weighted by Crippen LogP contribution is -2.48. The van der Waals surface area contributed by atoms with Crippen molar-refractivity contribution in [2.45, 2.75) is 30.4 Å². The average molecular weight is 566 g/mol. The number of carbonyl (C=O) groups excluding carboxylic acids is 1. The smallest absolute Gasteiger partial charge is 0.265 e. The van der Waals surface area contributed by atoms with E-state index in [1.807, 2.05) is 36.4 Å². The Balaban J connectivity index is 1.28. The number of rotatable bonds is 8. The zero-order valence-corrected chi connectivity index (χ0v) is 23.2. The quantitative estimate of drug-likeness (QED) is 0.297. The van der Waals surface area contributed by atoms with Gasteiger partial charge in [0.15, 0.2) is 5.54 Å². The number of nitrogens with zero attached hydrogens (tertiary/aromatic N) is 3. The molecule has 6 rings (SSSR count). The summed E-state index contributed by atoms with van der Waals surface area (Å²) in [6.07, 6.45) is 1.19. The Morgan fingerprint density at radius 2 is 1.29 bits per heavy atom. The van der Waals surface area contributed by atoms with Crippen LogP contribution in [0.3, 0.4) is 0 Å². The molecule has 0 radical (unpaired) electrons. The third kappa shape index (κ3) is 5.50. The molecule has 4 aromatic rings. The Labute approximate surface area is 244 Å². The molecule has 0 spiro atoms. The van der Waals surface area contributed by atoms with Crippen LogP contribution in [0.25, 0.3) is 0 Å². The fraction of sp³-hybridized carbons (Fsp3) is 0.257. The van der Waals surface area contributed by atoms with Crippen LogP contribution in [0.5, 0.6) is 0 Å². The number of β-amino-alcohol motifs (C(OH)–C–C–N with tert-alkyl or cyclic N) is 1. The molecule has 4 aromatic carbocycles. The van der Waals surface area contributed by atoms with Crippen LogP contribution in [0, 0.1) is 11.6 Å². The molecule has 7 heteroatoms. The monoisotopic (exact) mass is 565 g/mol. The highest BCUT2D eigenvalue weighted by Crippen LogP contribution is 2.41. The molecule has 0 aromatic heterocycles. The topological polar surface area (TPSA) is 56.1 Å². The second-order valence-corrected chi connectivity index (χ2v) is 11.1. The number of aliphatic imine (C=N–C) groups is 1. The number of amides is 1. The van der Waals surface area contributed by atoms with Crippen molar-refractivity contribution < 1.29 is 18.7 Å². The molecule has 1 fully saturated rings. The second kappa shape index (κ2) is 12.0. The minimum atomic E-state index is -1.56. The summed E-state index contributed by atoms with van der Waals surface area (Å²) in [6, 6.07) is 31.2. The summed E-state index contributed by atoms with van der Waals surface area (Å²) in [5.74, 6) is -0.329. The van der Waals surface area contributed by atoms with E-state index in [-0.39, 0.29) is 12.5 Å². The normalized spacial score (nSPS) is 18.2. The summed E-state index contributed by atoms with van der Waals surface area (Å²) in [6.45, 7) is 2.18. The maximum Gasteiger partial charge on any atom is 0.265 e. The van der Waals surface area contributed by atoms with E-state index in [0.29, 0.717) is 35.0 Å². The van der Waals surface area contributed by atoms with Gasteiger partial charge in [0.25, 0.3) is 5.91 Å². The SMILES string of the molecule is O=C1N(CC(O)CN2CCC(c3ccccc3)CC2)C(c2ccccc2)=NC1(c1ccc(F)cc1)c1ccc(F)cc1. The summed E-state index contributed by atoms with van der Waals surface area (Å²) in [5.41, 5.74) is 1.44. The van der Waals surface area contributed by atoms with Crippen LogP contribution in [-0.2, 0) is 10.3 Å². The van der Waals surface area contributed by atoms with Crippen molar-refractivity contribution in [2.75, 3.05) is 26.2 Å². The third-order valence-electron chi connectivity index (χ3n) is 8.36. The first-order valence-electron chi connectivity index (χ1n) is 14.4. The maximum absolute atomic E-state index is 14.5. The zero-order chi connectivity index (χ0) is 29.1. The Kier molecular flexibility index (Phi) is 7.96. The molecule has 0 bridgehead atoms. The van der Waals surface area contributed by atoms with E-state index in [0.717, 1.165) is 25.9 Å². The van der Waals surface area contributed by atoms with Crippen molar-refractivity contribution in [1.82, 2.24) is 9.80 Å². The highest BCUT2D eigenvalue weighted by Gasteiger charge is 2.51. The first-order chi connectivity index (χ1) is 20.4. The lowest BCUT2D eigenvalue weighted by Gasteiger charge is -2.34. The van der Waals surface area contributed by atoms with E-state index in [1.165, 1.54) is 34.7 Å². The van der Waals surface area contributed by atoms with Crippen LogP contribution in [0.15, 0.2) is 114 Å². The van der Waals surface area contributed by atoms with Gasteiger partial charge < -0.3 is 10.0 Å². The van der Waals surface area contributed by atoms with E-state index in [2.05, 4.69) is 29.2 Å². The number of piperidine rings is 1. The molecule has 2 aliphatic rings. The fourth-order valence-electron chi connectivity index (χ4n) is 6.20. The number of hydrogen-bond acceptors (Lipinski definition) is 4. The predicted molar refractivity (Wildman–Crippen MR) is 159 cm³/mol. The molecule has 42 heavy (non-hydrogen) atoms. The molecule has 0 saturated carbocycles. The Bertz CT molecular complexity index is 1490. The second-order valence-electron chi connectivity index (χ2n) is 11.1. The van der Waals surface area contributed by atoms with Gasteiger partial charge in [-0.3, -0.25) is 9.69 Å². The maximum atomic E-state index is 14.5. The van der Waals surface area contributed by atoms with Gasteiger partial charge >= 0.3 is 0 Å². The van der Waals surface area contributed by atoms with Gasteiger partial charge in [0.2, 0.25) is 0 Å². The lowest BCUT2D eigenvalue weighted by molar-refractivity contribution is -0.131. The average Bonchev–Trinajstić information content (AvgIpc) is 3.31. The number of benzene rings is 4. The predicted octanol–water partition coefficient (Wildman–Crippen LogP) is 5.74. The van der Waals surface area contributed by atoms with Gasteiger partial charge in [-0.2, -0.15) is 0 Å². The molecule has 1 N–H and O–H groups in total. The van der Waals surface area contributed by atoms with Crippen LogP contribution in [0.1, 0.15) is 41.0 Å². The Hall–Kier alpha value is -4.20. The van der Waals surface area contributed by atoms with Crippen molar-refractivity contribution in [3.05, 3.63) is 143 Å². The van der Waals surface area contributed by atoms with E-state index >= 15 is 0 Å². The molecule has 1 atom stereocenters. The van der Waals surface area contributed by atoms with Gasteiger partial charge in [-0.15, -0.1) is 0 Å². The van der Waals surface area contributed by atoms with Crippen LogP contribution < -0.4 is 0 Å². The third-order valence-corrected chi connectivity index (χ3v) is 8.36. The first-order valence-corrected chi connectivity index (χ1v) is 14.4. The number of aliphatic hydroxyl groups excluding tert-OH is 1. The van der Waals surface area contributed by atoms with Gasteiger partial charge in [0.1, 0.15) is 17.5 Å². The molecule has 2 aliphatic heterocycles. The zero-order valence-electron chi connectivity index (χ0n) is 23.2. The standard InChI is InChI=1S/C35H33F2N3O2/c36-30-15-11-28(12-16-30)35(29-13-17-31(37)18-14-29)34(42)40(33(38-35)27-9-5-2-6-10-27)24-32(41)23-39-21-19-26(20-22-39)25-7-3-1-4-8-25/h1-18,26,32,41H,19-24H2. The Morgan fingerprint density at radius 1 is 0.762 bits per heavy atom. The number of halogens is 2. The lowest BCUT2D eigenvalue weighted by atomic mass is 9.82. The van der Waals surface area contributed by atoms with Crippen LogP contribution in [0.2, 0.25) is 0 Å². The van der Waals surface area contributed by atoms with Crippen molar-refractivity contribution in [3.8, 4) is 0 Å². The number of likely N-dealkylation sites (tertiary alicyclic amines) is 1. The van der Waals surface area contributed by atoms with Crippen LogP contribution >= 0.6 is 0 Å². The molecule has 0 aliphatic carbocycles. The number of hydrogen-bond donors (Lipinski definition) is 1. The van der Waals surface area contributed by atoms with Crippen molar-refractivity contribution >= 4 is 11.7 Å². The molecule has 2 heterocycles. The minimum absolute atomic E-state index is 0.0370. The summed E-state index contributed by atoms with van der Waals surface area (Å²) in [4.78, 5) is 23.3. The van der Waals surface area contributed by atoms with Gasteiger partial charge in [-0.25, -0.2) is 13.8 Å². The molecule has 214 valence electrons. The summed E-state index contributed by atoms with van der Waals surface area (Å²) in [5, 5.41) is 11.3. The van der Waals surface area contributed by atoms with Gasteiger partial charge in [0.05, 0.1) is 12.6 Å². The molecule has 1 amide bonds. The highest BCUT2D eigenvalue weighted by atomic mass is 19.1. The first kappa shape index (κ1) is 27.9. The van der Waals surface area contributed by atoms with Crippen molar-refractivity contribution in [1.29, 1.82) is 0 Å². The number of amidine groups is 1. The van der Waals surface area contributed by atoms with Crippen molar-refractivity contribution in [2.24, 2.45) is 4.99 Å². The van der Waals surface area contributed by atoms with Gasteiger partial charge in [-0.05, 0) is 72.8 Å². The number of carbonyl (C=O) groups is 1. The number of aliphatic hydroxyl groups is 1. The minimum Gasteiger partial charge on any atom is -0.390 e. The molecular formula is C35H33F2N3O2. The van der Waals surface area contributed by atoms with Crippen molar-refractivity contribution in [3.63, 3.8) is 0 Å². The molecule has 5 nitrogen and oxygen atoms in total. The van der Waals surface area contributed by atoms with Gasteiger partial charge in [0, 0.05) is 12.1 Å². The molecular weight excluding hydrogens is 532 g/mol. The largest absolute Gasteiger partial charge is 0.390 e. The summed E-state index contributed by atoms with van der Waals surface area (Å²) < 4.78 is 27.9.